The highest BCUT2D eigenvalue weighted by Crippen LogP contribution is 2.01. The van der Waals surface area contributed by atoms with Gasteiger partial charge in [-0.3, -0.25) is 10.4 Å². The average Bonchev–Trinajstić information content (AvgIpc) is 2.47. The molecule has 98 valence electrons. The topological polar surface area (TPSA) is 80.7 Å². The minimum atomic E-state index is 0.248. The molecular weight excluding hydrogens is 250 g/mol. The standard InChI is InChI=1S/C15H13N5/c1-10-2-4-13(11-3-5-15(16)18-8-11)19-20-14-6-7-17-9-12(10)14/h2-9,16,19-20H,1H2. The van der Waals surface area contributed by atoms with Crippen molar-refractivity contribution in [2.45, 2.75) is 0 Å². The maximum Gasteiger partial charge on any atom is 0.144 e. The summed E-state index contributed by atoms with van der Waals surface area (Å²) in [4.78, 5) is 8.09. The number of H-pyrrole nitrogens is 2. The van der Waals surface area contributed by atoms with E-state index >= 15 is 0 Å². The van der Waals surface area contributed by atoms with Crippen molar-refractivity contribution in [3.63, 3.8) is 0 Å². The summed E-state index contributed by atoms with van der Waals surface area (Å²) in [6.45, 7) is 4.05. The number of amidine groups is 1. The van der Waals surface area contributed by atoms with Gasteiger partial charge in [0, 0.05) is 29.6 Å². The molecule has 0 fully saturated rings. The first-order valence-corrected chi connectivity index (χ1v) is 6.12. The van der Waals surface area contributed by atoms with Gasteiger partial charge in [0.15, 0.2) is 0 Å². The Balaban J connectivity index is 2.33. The van der Waals surface area contributed by atoms with E-state index in [9.17, 15) is 0 Å². The normalized spacial score (nSPS) is 16.5. The minimum Gasteiger partial charge on any atom is -0.300 e. The van der Waals surface area contributed by atoms with Crippen molar-refractivity contribution in [1.82, 2.24) is 15.2 Å². The summed E-state index contributed by atoms with van der Waals surface area (Å²) in [6, 6.07) is 5.74. The minimum absolute atomic E-state index is 0.248. The fraction of sp³-hybridized carbons (Fsp3) is 0. The van der Waals surface area contributed by atoms with Gasteiger partial charge in [-0.1, -0.05) is 12.6 Å². The Morgan fingerprint density at radius 1 is 1.10 bits per heavy atom. The van der Waals surface area contributed by atoms with Gasteiger partial charge in [-0.25, -0.2) is 4.99 Å². The summed E-state index contributed by atoms with van der Waals surface area (Å²) < 4.78 is 0. The van der Waals surface area contributed by atoms with Crippen LogP contribution in [0.15, 0.2) is 47.7 Å². The van der Waals surface area contributed by atoms with Gasteiger partial charge in [0.05, 0.1) is 10.9 Å². The van der Waals surface area contributed by atoms with Crippen molar-refractivity contribution < 1.29 is 0 Å². The van der Waals surface area contributed by atoms with E-state index in [1.54, 1.807) is 24.7 Å². The highest BCUT2D eigenvalue weighted by atomic mass is 15.1. The van der Waals surface area contributed by atoms with Crippen molar-refractivity contribution in [1.29, 1.82) is 5.41 Å². The van der Waals surface area contributed by atoms with Gasteiger partial charge in [0.1, 0.15) is 5.84 Å². The quantitative estimate of drug-likeness (QED) is 0.656. The van der Waals surface area contributed by atoms with Crippen LogP contribution in [0.4, 0.5) is 0 Å². The first kappa shape index (κ1) is 12.1. The van der Waals surface area contributed by atoms with Gasteiger partial charge in [-0.05, 0) is 29.5 Å². The molecule has 5 nitrogen and oxygen atoms in total. The van der Waals surface area contributed by atoms with Crippen LogP contribution >= 0.6 is 0 Å². The molecule has 5 heteroatoms. The average molecular weight is 263 g/mol. The summed E-state index contributed by atoms with van der Waals surface area (Å²) >= 11 is 0. The first-order chi connectivity index (χ1) is 9.74. The second kappa shape index (κ2) is 4.97. The molecule has 0 radical (unpaired) electrons. The zero-order valence-corrected chi connectivity index (χ0v) is 10.7. The molecule has 0 spiro atoms. The van der Waals surface area contributed by atoms with E-state index in [1.165, 1.54) is 0 Å². The molecule has 0 amide bonds. The third kappa shape index (κ3) is 2.29. The number of aromatic amines is 2. The molecule has 0 atom stereocenters. The first-order valence-electron chi connectivity index (χ1n) is 6.12. The lowest BCUT2D eigenvalue weighted by Crippen LogP contribution is -2.14. The summed E-state index contributed by atoms with van der Waals surface area (Å²) in [5.74, 6) is 0.248. The van der Waals surface area contributed by atoms with Gasteiger partial charge in [-0.15, -0.1) is 0 Å². The largest absolute Gasteiger partial charge is 0.300 e. The van der Waals surface area contributed by atoms with Gasteiger partial charge < -0.3 is 10.2 Å². The number of rotatable bonds is 0. The van der Waals surface area contributed by atoms with Crippen LogP contribution < -0.4 is 10.6 Å². The lowest BCUT2D eigenvalue weighted by atomic mass is 10.2. The summed E-state index contributed by atoms with van der Waals surface area (Å²) in [5.41, 5.74) is 1.81. The molecule has 0 bridgehead atoms. The SMILES string of the molecule is C=c1ccc(=C2C=CC(=N)N=C2)[nH][nH]c2ccncc12. The zero-order valence-electron chi connectivity index (χ0n) is 10.7. The predicted octanol–water partition coefficient (Wildman–Crippen LogP) is 1.19. The lowest BCUT2D eigenvalue weighted by Gasteiger charge is -2.00. The summed E-state index contributed by atoms with van der Waals surface area (Å²) in [6.07, 6.45) is 8.67. The van der Waals surface area contributed by atoms with E-state index < -0.39 is 0 Å². The molecule has 0 aromatic carbocycles. The number of hydrogen-bond donors (Lipinski definition) is 3. The Kier molecular flexibility index (Phi) is 3.01. The van der Waals surface area contributed by atoms with E-state index in [1.807, 2.05) is 24.3 Å². The monoisotopic (exact) mass is 263 g/mol. The van der Waals surface area contributed by atoms with Gasteiger partial charge in [0.25, 0.3) is 0 Å². The highest BCUT2D eigenvalue weighted by Gasteiger charge is 1.98. The molecule has 1 aliphatic rings. The van der Waals surface area contributed by atoms with Crippen LogP contribution in [0.5, 0.6) is 0 Å². The molecule has 2 aromatic rings. The molecule has 1 aliphatic heterocycles. The van der Waals surface area contributed by atoms with Crippen molar-refractivity contribution >= 4 is 35.1 Å². The van der Waals surface area contributed by atoms with Crippen LogP contribution in [0.2, 0.25) is 0 Å². The van der Waals surface area contributed by atoms with Crippen LogP contribution in [0.25, 0.3) is 23.1 Å². The number of nitrogens with zero attached hydrogens (tertiary/aromatic N) is 2. The van der Waals surface area contributed by atoms with Crippen LogP contribution in [-0.2, 0) is 0 Å². The molecule has 0 saturated heterocycles. The molecular formula is C15H13N5. The summed E-state index contributed by atoms with van der Waals surface area (Å²) in [5, 5.41) is 16.4. The summed E-state index contributed by atoms with van der Waals surface area (Å²) in [7, 11) is 0. The van der Waals surface area contributed by atoms with Gasteiger partial charge in [0.2, 0.25) is 0 Å². The van der Waals surface area contributed by atoms with Gasteiger partial charge in [-0.2, -0.15) is 0 Å². The Bertz CT molecular complexity index is 876. The Hall–Kier alpha value is -2.95. The Labute approximate surface area is 114 Å². The second-order valence-corrected chi connectivity index (χ2v) is 4.38. The number of hydrogen-bond acceptors (Lipinski definition) is 2. The van der Waals surface area contributed by atoms with Crippen LogP contribution in [0, 0.1) is 5.41 Å². The van der Waals surface area contributed by atoms with E-state index in [-0.39, 0.29) is 5.84 Å². The highest BCUT2D eigenvalue weighted by molar-refractivity contribution is 6.16. The Morgan fingerprint density at radius 3 is 2.80 bits per heavy atom. The van der Waals surface area contributed by atoms with Crippen molar-refractivity contribution in [2.24, 2.45) is 4.99 Å². The molecule has 0 aliphatic carbocycles. The number of allylic oxidation sites excluding steroid dienone is 1. The molecule has 2 aromatic heterocycles. The maximum atomic E-state index is 7.42. The zero-order chi connectivity index (χ0) is 13.9. The Morgan fingerprint density at radius 2 is 2.00 bits per heavy atom. The van der Waals surface area contributed by atoms with Crippen LogP contribution in [-0.4, -0.2) is 27.2 Å². The molecule has 3 N–H and O–H groups in total. The van der Waals surface area contributed by atoms with Gasteiger partial charge >= 0.3 is 0 Å². The third-order valence-electron chi connectivity index (χ3n) is 3.02. The third-order valence-corrected chi connectivity index (χ3v) is 3.02. The van der Waals surface area contributed by atoms with Crippen molar-refractivity contribution in [3.05, 3.63) is 53.3 Å². The molecule has 0 saturated carbocycles. The second-order valence-electron chi connectivity index (χ2n) is 4.38. The molecule has 20 heavy (non-hydrogen) atoms. The number of fused-ring (bicyclic) bond motifs is 1. The molecule has 3 heterocycles. The molecule has 3 rings (SSSR count). The van der Waals surface area contributed by atoms with E-state index in [4.69, 9.17) is 5.41 Å². The number of nitrogens with one attached hydrogen (secondary N) is 3. The maximum absolute atomic E-state index is 7.42. The van der Waals surface area contributed by atoms with E-state index in [0.29, 0.717) is 0 Å². The molecule has 0 unspecified atom stereocenters. The van der Waals surface area contributed by atoms with Crippen molar-refractivity contribution in [3.8, 4) is 0 Å². The van der Waals surface area contributed by atoms with Crippen LogP contribution in [0.3, 0.4) is 0 Å². The number of aliphatic imine (C=N–C) groups is 1. The van der Waals surface area contributed by atoms with E-state index in [0.717, 1.165) is 27.0 Å². The van der Waals surface area contributed by atoms with E-state index in [2.05, 4.69) is 26.8 Å². The predicted molar refractivity (Wildman–Crippen MR) is 81.6 cm³/mol. The lowest BCUT2D eigenvalue weighted by molar-refractivity contribution is 1.04. The smallest absolute Gasteiger partial charge is 0.144 e. The number of dihydropyridines is 1. The fourth-order valence-electron chi connectivity index (χ4n) is 1.93. The van der Waals surface area contributed by atoms with Crippen molar-refractivity contribution in [2.75, 3.05) is 0 Å². The number of pyridine rings is 1. The number of aromatic nitrogens is 3. The van der Waals surface area contributed by atoms with Crippen LogP contribution in [0.1, 0.15) is 0 Å². The fourth-order valence-corrected chi connectivity index (χ4v) is 1.93.